The van der Waals surface area contributed by atoms with Crippen molar-refractivity contribution in [1.29, 1.82) is 0 Å². The van der Waals surface area contributed by atoms with E-state index in [4.69, 9.17) is 23.2 Å². The number of nitrogens with zero attached hydrogens (tertiary/aromatic N) is 1. The molecule has 1 aromatic heterocycles. The molecule has 0 saturated heterocycles. The molecule has 1 heterocycles. The Balaban J connectivity index is 0.000000142. The van der Waals surface area contributed by atoms with Crippen molar-refractivity contribution in [2.45, 2.75) is 6.42 Å². The standard InChI is InChI=1S/C18H11ClFN.C13H10.C6H3ClFI.CH3I/c19-12-9-10-18(15(20)11-12)21-16-7-3-1-5-13(16)14-6-2-4-8-17(14)21;1-3-7-12-10(5-1)9-11-6-2-4-8-13(11)12;7-4-1-2-6(9)5(8)3-4;1-2/h1-11H;1-8H,9H2;1-3H;1H3. The molecule has 226 valence electrons. The lowest BCUT2D eigenvalue weighted by molar-refractivity contribution is 0.620. The van der Waals surface area contributed by atoms with E-state index in [2.05, 4.69) is 83.3 Å². The normalized spacial score (nSPS) is 10.9. The van der Waals surface area contributed by atoms with Gasteiger partial charge in [-0.25, -0.2) is 8.78 Å². The van der Waals surface area contributed by atoms with Crippen LogP contribution in [-0.4, -0.2) is 9.50 Å². The molecule has 0 aliphatic heterocycles. The molecular formula is C38H27Cl2F2I2N. The summed E-state index contributed by atoms with van der Waals surface area (Å²) in [6.45, 7) is 0. The van der Waals surface area contributed by atoms with E-state index in [-0.39, 0.29) is 11.6 Å². The fourth-order valence-corrected chi connectivity index (χ4v) is 6.05. The summed E-state index contributed by atoms with van der Waals surface area (Å²) in [5.41, 5.74) is 8.24. The molecule has 0 bridgehead atoms. The van der Waals surface area contributed by atoms with Crippen LogP contribution in [0.15, 0.2) is 133 Å². The number of benzene rings is 6. The molecule has 0 fully saturated rings. The number of rotatable bonds is 1. The highest BCUT2D eigenvalue weighted by Crippen LogP contribution is 2.36. The van der Waals surface area contributed by atoms with Crippen molar-refractivity contribution in [2.75, 3.05) is 4.93 Å². The average Bonchev–Trinajstić information content (AvgIpc) is 3.61. The van der Waals surface area contributed by atoms with Gasteiger partial charge in [0, 0.05) is 24.4 Å². The second-order valence-electron chi connectivity index (χ2n) is 10.0. The van der Waals surface area contributed by atoms with Crippen molar-refractivity contribution >= 4 is 90.2 Å². The second-order valence-corrected chi connectivity index (χ2v) is 12.1. The van der Waals surface area contributed by atoms with Gasteiger partial charge in [-0.2, -0.15) is 0 Å². The summed E-state index contributed by atoms with van der Waals surface area (Å²) in [6, 6.07) is 42.7. The van der Waals surface area contributed by atoms with Crippen LogP contribution < -0.4 is 0 Å². The molecule has 0 N–H and O–H groups in total. The first kappa shape index (κ1) is 33.4. The van der Waals surface area contributed by atoms with Gasteiger partial charge in [0.1, 0.15) is 11.6 Å². The van der Waals surface area contributed by atoms with Crippen LogP contribution >= 0.6 is 68.4 Å². The lowest BCUT2D eigenvalue weighted by Crippen LogP contribution is -1.97. The number of halogens is 6. The van der Waals surface area contributed by atoms with E-state index in [1.54, 1.807) is 24.3 Å². The Bertz CT molecular complexity index is 1990. The zero-order valence-corrected chi connectivity index (χ0v) is 30.0. The highest BCUT2D eigenvalue weighted by Gasteiger charge is 2.16. The minimum Gasteiger partial charge on any atom is -0.306 e. The van der Waals surface area contributed by atoms with Gasteiger partial charge in [-0.1, -0.05) is 131 Å². The third kappa shape index (κ3) is 7.54. The molecular weight excluding hydrogens is 833 g/mol. The quantitative estimate of drug-likeness (QED) is 0.0880. The molecule has 1 nitrogen and oxygen atoms in total. The first-order valence-corrected chi connectivity index (χ1v) is 18.0. The molecule has 0 atom stereocenters. The van der Waals surface area contributed by atoms with Gasteiger partial charge in [0.15, 0.2) is 0 Å². The molecule has 0 spiro atoms. The fraction of sp³-hybridized carbons (Fsp3) is 0.0526. The van der Waals surface area contributed by atoms with Gasteiger partial charge in [-0.05, 0) is 105 Å². The summed E-state index contributed by atoms with van der Waals surface area (Å²) >= 11 is 15.4. The molecule has 0 saturated carbocycles. The Morgan fingerprint density at radius 1 is 0.556 bits per heavy atom. The highest BCUT2D eigenvalue weighted by atomic mass is 127. The SMILES string of the molecule is CI.Fc1cc(Cl)ccc1-n1c2ccccc2c2ccccc21.Fc1cc(Cl)ccc1I.c1ccc2c(c1)Cc1ccccc1-2. The molecule has 6 aromatic carbocycles. The van der Waals surface area contributed by atoms with Crippen molar-refractivity contribution in [1.82, 2.24) is 4.57 Å². The van der Waals surface area contributed by atoms with Gasteiger partial charge in [-0.15, -0.1) is 0 Å². The van der Waals surface area contributed by atoms with Gasteiger partial charge >= 0.3 is 0 Å². The van der Waals surface area contributed by atoms with Gasteiger partial charge in [0.05, 0.1) is 16.7 Å². The van der Waals surface area contributed by atoms with Crippen molar-refractivity contribution in [3.05, 3.63) is 170 Å². The van der Waals surface area contributed by atoms with Gasteiger partial charge < -0.3 is 4.57 Å². The predicted octanol–water partition coefficient (Wildman–Crippen LogP) is 13.0. The van der Waals surface area contributed by atoms with E-state index < -0.39 is 0 Å². The Kier molecular flexibility index (Phi) is 11.5. The predicted molar refractivity (Wildman–Crippen MR) is 205 cm³/mol. The fourth-order valence-electron chi connectivity index (χ4n) is 5.39. The van der Waals surface area contributed by atoms with Gasteiger partial charge in [0.2, 0.25) is 0 Å². The van der Waals surface area contributed by atoms with Crippen molar-refractivity contribution < 1.29 is 8.78 Å². The Morgan fingerprint density at radius 3 is 1.49 bits per heavy atom. The van der Waals surface area contributed by atoms with Crippen LogP contribution in [0.1, 0.15) is 11.1 Å². The number of fused-ring (bicyclic) bond motifs is 6. The molecule has 0 radical (unpaired) electrons. The summed E-state index contributed by atoms with van der Waals surface area (Å²) in [7, 11) is 0. The molecule has 45 heavy (non-hydrogen) atoms. The number of hydrogen-bond donors (Lipinski definition) is 0. The Hall–Kier alpha value is -2.98. The van der Waals surface area contributed by atoms with Gasteiger partial charge in [-0.3, -0.25) is 0 Å². The third-order valence-electron chi connectivity index (χ3n) is 7.32. The van der Waals surface area contributed by atoms with E-state index in [1.807, 2.05) is 68.5 Å². The zero-order valence-electron chi connectivity index (χ0n) is 24.1. The van der Waals surface area contributed by atoms with Crippen molar-refractivity contribution in [3.63, 3.8) is 0 Å². The molecule has 7 heteroatoms. The van der Waals surface area contributed by atoms with E-state index >= 15 is 0 Å². The first-order chi connectivity index (χ1) is 21.9. The lowest BCUT2D eigenvalue weighted by atomic mass is 10.1. The number of para-hydroxylation sites is 2. The number of alkyl halides is 1. The maximum Gasteiger partial charge on any atom is 0.148 e. The molecule has 0 amide bonds. The minimum atomic E-state index is -0.325. The summed E-state index contributed by atoms with van der Waals surface area (Å²) in [6.07, 6.45) is 1.10. The van der Waals surface area contributed by atoms with Crippen molar-refractivity contribution in [3.8, 4) is 16.8 Å². The van der Waals surface area contributed by atoms with Crippen LogP contribution in [0.3, 0.4) is 0 Å². The summed E-state index contributed by atoms with van der Waals surface area (Å²) in [5, 5.41) is 3.06. The lowest BCUT2D eigenvalue weighted by Gasteiger charge is -2.09. The molecule has 0 unspecified atom stereocenters. The van der Waals surface area contributed by atoms with E-state index in [9.17, 15) is 8.78 Å². The van der Waals surface area contributed by atoms with Crippen LogP contribution in [0.4, 0.5) is 8.78 Å². The average molecular weight is 860 g/mol. The van der Waals surface area contributed by atoms with Crippen LogP contribution in [0.5, 0.6) is 0 Å². The summed E-state index contributed by atoms with van der Waals surface area (Å²) < 4.78 is 29.4. The number of aromatic nitrogens is 1. The first-order valence-electron chi connectivity index (χ1n) is 14.0. The Labute approximate surface area is 299 Å². The summed E-state index contributed by atoms with van der Waals surface area (Å²) in [4.78, 5) is 1.97. The third-order valence-corrected chi connectivity index (χ3v) is 8.66. The minimum absolute atomic E-state index is 0.261. The monoisotopic (exact) mass is 859 g/mol. The molecule has 7 aromatic rings. The van der Waals surface area contributed by atoms with Crippen LogP contribution in [0, 0.1) is 15.2 Å². The molecule has 1 aliphatic carbocycles. The van der Waals surface area contributed by atoms with Gasteiger partial charge in [0.25, 0.3) is 0 Å². The van der Waals surface area contributed by atoms with E-state index in [0.29, 0.717) is 19.3 Å². The second kappa shape index (κ2) is 15.5. The van der Waals surface area contributed by atoms with E-state index in [0.717, 1.165) is 28.2 Å². The molecule has 8 rings (SSSR count). The maximum atomic E-state index is 14.4. The number of hydrogen-bond acceptors (Lipinski definition) is 0. The topological polar surface area (TPSA) is 4.93 Å². The summed E-state index contributed by atoms with van der Waals surface area (Å²) in [5.74, 6) is -0.586. The van der Waals surface area contributed by atoms with Crippen LogP contribution in [0.2, 0.25) is 10.0 Å². The van der Waals surface area contributed by atoms with Crippen molar-refractivity contribution in [2.24, 2.45) is 0 Å². The van der Waals surface area contributed by atoms with Crippen LogP contribution in [0.25, 0.3) is 38.6 Å². The molecule has 1 aliphatic rings. The van der Waals surface area contributed by atoms with Crippen LogP contribution in [-0.2, 0) is 6.42 Å². The Morgan fingerprint density at radius 2 is 1.00 bits per heavy atom. The highest BCUT2D eigenvalue weighted by molar-refractivity contribution is 14.1. The zero-order chi connectivity index (χ0) is 31.9. The smallest absolute Gasteiger partial charge is 0.148 e. The van der Waals surface area contributed by atoms with E-state index in [1.165, 1.54) is 34.4 Å². The largest absolute Gasteiger partial charge is 0.306 e. The maximum absolute atomic E-state index is 14.4.